The minimum Gasteiger partial charge on any atom is -0.497 e. The van der Waals surface area contributed by atoms with E-state index < -0.39 is 0 Å². The summed E-state index contributed by atoms with van der Waals surface area (Å²) in [4.78, 5) is 36.7. The molecule has 3 atom stereocenters. The summed E-state index contributed by atoms with van der Waals surface area (Å²) in [5.74, 6) is 2.22. The SMILES string of the molecule is COc1ccc2[nH]c(C(=O)N3CC(=O)N(Cc4ccccc4)[C@@H](CN4CC5CCCCC5C4)C3)cc2c1. The van der Waals surface area contributed by atoms with Gasteiger partial charge in [0, 0.05) is 43.6 Å². The maximum Gasteiger partial charge on any atom is 0.270 e. The van der Waals surface area contributed by atoms with Gasteiger partial charge < -0.3 is 24.4 Å². The summed E-state index contributed by atoms with van der Waals surface area (Å²) in [7, 11) is 1.63. The number of nitrogens with zero attached hydrogens (tertiary/aromatic N) is 3. The van der Waals surface area contributed by atoms with Crippen LogP contribution in [0.1, 0.15) is 41.7 Å². The molecule has 3 aromatic rings. The lowest BCUT2D eigenvalue weighted by atomic mass is 9.82. The van der Waals surface area contributed by atoms with Crippen LogP contribution in [0, 0.1) is 11.8 Å². The van der Waals surface area contributed by atoms with Gasteiger partial charge in [0.1, 0.15) is 18.0 Å². The Balaban J connectivity index is 1.22. The topological polar surface area (TPSA) is 68.9 Å². The normalized spacial score (nSPS) is 24.5. The van der Waals surface area contributed by atoms with Crippen molar-refractivity contribution in [1.29, 1.82) is 0 Å². The van der Waals surface area contributed by atoms with E-state index in [1.54, 1.807) is 12.0 Å². The van der Waals surface area contributed by atoms with Gasteiger partial charge in [0.2, 0.25) is 5.91 Å². The third-order valence-electron chi connectivity index (χ3n) is 8.58. The summed E-state index contributed by atoms with van der Waals surface area (Å²) in [6.07, 6.45) is 5.34. The molecule has 194 valence electrons. The molecule has 3 aliphatic rings. The monoisotopic (exact) mass is 500 g/mol. The quantitative estimate of drug-likeness (QED) is 0.552. The molecule has 7 heteroatoms. The lowest BCUT2D eigenvalue weighted by Gasteiger charge is -2.42. The fraction of sp³-hybridized carbons (Fsp3) is 0.467. The van der Waals surface area contributed by atoms with Crippen molar-refractivity contribution in [3.63, 3.8) is 0 Å². The number of hydrogen-bond donors (Lipinski definition) is 1. The number of nitrogens with one attached hydrogen (secondary N) is 1. The Morgan fingerprint density at radius 3 is 2.49 bits per heavy atom. The van der Waals surface area contributed by atoms with Crippen molar-refractivity contribution in [3.05, 3.63) is 65.9 Å². The number of fused-ring (bicyclic) bond motifs is 2. The molecule has 1 N–H and O–H groups in total. The summed E-state index contributed by atoms with van der Waals surface area (Å²) >= 11 is 0. The van der Waals surface area contributed by atoms with E-state index in [0.29, 0.717) is 18.8 Å². The first-order valence-electron chi connectivity index (χ1n) is 13.6. The van der Waals surface area contributed by atoms with Gasteiger partial charge in [-0.3, -0.25) is 9.59 Å². The van der Waals surface area contributed by atoms with E-state index in [9.17, 15) is 9.59 Å². The second-order valence-corrected chi connectivity index (χ2v) is 11.0. The van der Waals surface area contributed by atoms with Crippen molar-refractivity contribution >= 4 is 22.7 Å². The van der Waals surface area contributed by atoms with Gasteiger partial charge in [0.25, 0.3) is 5.91 Å². The summed E-state index contributed by atoms with van der Waals surface area (Å²) < 4.78 is 5.33. The number of hydrogen-bond acceptors (Lipinski definition) is 4. The molecule has 3 fully saturated rings. The van der Waals surface area contributed by atoms with Crippen molar-refractivity contribution in [2.24, 2.45) is 11.8 Å². The summed E-state index contributed by atoms with van der Waals surface area (Å²) in [5.41, 5.74) is 2.52. The molecule has 3 heterocycles. The minimum absolute atomic E-state index is 0.0165. The first-order chi connectivity index (χ1) is 18.1. The average molecular weight is 501 g/mol. The molecule has 0 radical (unpaired) electrons. The van der Waals surface area contributed by atoms with E-state index >= 15 is 0 Å². The smallest absolute Gasteiger partial charge is 0.270 e. The molecule has 37 heavy (non-hydrogen) atoms. The number of ether oxygens (including phenoxy) is 1. The van der Waals surface area contributed by atoms with Crippen LogP contribution in [0.2, 0.25) is 0 Å². The number of benzene rings is 2. The average Bonchev–Trinajstić information content (AvgIpc) is 3.53. The van der Waals surface area contributed by atoms with Gasteiger partial charge in [-0.1, -0.05) is 43.2 Å². The van der Waals surface area contributed by atoms with Crippen LogP contribution in [0.25, 0.3) is 10.9 Å². The highest BCUT2D eigenvalue weighted by Crippen LogP contribution is 2.36. The number of piperazine rings is 1. The zero-order valence-electron chi connectivity index (χ0n) is 21.6. The number of amides is 2. The molecule has 2 saturated heterocycles. The standard InChI is InChI=1S/C30H36N4O3/c1-37-26-11-12-27-24(13-26)14-28(31-27)30(36)33-19-25(18-32-16-22-9-5-6-10-23(22)17-32)34(29(35)20-33)15-21-7-3-2-4-8-21/h2-4,7-8,11-14,22-23,25,31H,5-6,9-10,15-20H2,1H3/t22?,23?,25-/m0/s1. The molecular formula is C30H36N4O3. The fourth-order valence-corrected chi connectivity index (χ4v) is 6.66. The minimum atomic E-state index is -0.122. The Labute approximate surface area is 218 Å². The Kier molecular flexibility index (Phi) is 6.63. The molecule has 2 aliphatic heterocycles. The maximum atomic E-state index is 13.6. The highest BCUT2D eigenvalue weighted by molar-refractivity contribution is 6.00. The third kappa shape index (κ3) is 4.97. The highest BCUT2D eigenvalue weighted by atomic mass is 16.5. The number of H-pyrrole nitrogens is 1. The number of carbonyl (C=O) groups is 2. The van der Waals surface area contributed by atoms with E-state index in [-0.39, 0.29) is 24.4 Å². The zero-order chi connectivity index (χ0) is 25.4. The molecule has 7 nitrogen and oxygen atoms in total. The Morgan fingerprint density at radius 1 is 1.00 bits per heavy atom. The van der Waals surface area contributed by atoms with Gasteiger partial charge in [-0.25, -0.2) is 0 Å². The molecule has 6 rings (SSSR count). The second kappa shape index (κ2) is 10.2. The van der Waals surface area contributed by atoms with Crippen molar-refractivity contribution in [1.82, 2.24) is 19.7 Å². The number of methoxy groups -OCH3 is 1. The first kappa shape index (κ1) is 24.0. The first-order valence-corrected chi connectivity index (χ1v) is 13.6. The van der Waals surface area contributed by atoms with Crippen molar-refractivity contribution in [2.75, 3.05) is 39.8 Å². The van der Waals surface area contributed by atoms with Crippen LogP contribution in [0.4, 0.5) is 0 Å². The van der Waals surface area contributed by atoms with Crippen molar-refractivity contribution < 1.29 is 14.3 Å². The van der Waals surface area contributed by atoms with Gasteiger partial charge in [-0.2, -0.15) is 0 Å². The molecule has 2 unspecified atom stereocenters. The van der Waals surface area contributed by atoms with Crippen LogP contribution < -0.4 is 4.74 Å². The van der Waals surface area contributed by atoms with Crippen LogP contribution >= 0.6 is 0 Å². The molecule has 2 amide bonds. The van der Waals surface area contributed by atoms with Gasteiger partial charge in [0.05, 0.1) is 13.2 Å². The van der Waals surface area contributed by atoms with Gasteiger partial charge in [-0.15, -0.1) is 0 Å². The molecule has 0 bridgehead atoms. The van der Waals surface area contributed by atoms with Gasteiger partial charge in [0.15, 0.2) is 0 Å². The van der Waals surface area contributed by atoms with Gasteiger partial charge >= 0.3 is 0 Å². The third-order valence-corrected chi connectivity index (χ3v) is 8.58. The van der Waals surface area contributed by atoms with Crippen LogP contribution in [0.5, 0.6) is 5.75 Å². The number of likely N-dealkylation sites (tertiary alicyclic amines) is 1. The predicted molar refractivity (Wildman–Crippen MR) is 143 cm³/mol. The summed E-state index contributed by atoms with van der Waals surface area (Å²) in [6.45, 7) is 4.28. The second-order valence-electron chi connectivity index (χ2n) is 11.0. The number of rotatable bonds is 6. The summed E-state index contributed by atoms with van der Waals surface area (Å²) in [6, 6.07) is 17.7. The predicted octanol–water partition coefficient (Wildman–Crippen LogP) is 4.15. The molecule has 2 aromatic carbocycles. The van der Waals surface area contributed by atoms with E-state index in [1.807, 2.05) is 47.4 Å². The Bertz CT molecular complexity index is 1260. The van der Waals surface area contributed by atoms with Crippen LogP contribution in [0.15, 0.2) is 54.6 Å². The number of aromatic nitrogens is 1. The van der Waals surface area contributed by atoms with Crippen LogP contribution in [0.3, 0.4) is 0 Å². The largest absolute Gasteiger partial charge is 0.497 e. The highest BCUT2D eigenvalue weighted by Gasteiger charge is 2.40. The Hall–Kier alpha value is -3.32. The fourth-order valence-electron chi connectivity index (χ4n) is 6.66. The number of aromatic amines is 1. The van der Waals surface area contributed by atoms with Crippen LogP contribution in [-0.4, -0.2) is 77.4 Å². The zero-order valence-corrected chi connectivity index (χ0v) is 21.6. The van der Waals surface area contributed by atoms with E-state index in [2.05, 4.69) is 22.0 Å². The van der Waals surface area contributed by atoms with E-state index in [0.717, 1.165) is 53.7 Å². The van der Waals surface area contributed by atoms with E-state index in [4.69, 9.17) is 4.74 Å². The van der Waals surface area contributed by atoms with Crippen LogP contribution in [-0.2, 0) is 11.3 Å². The van der Waals surface area contributed by atoms with Crippen molar-refractivity contribution in [2.45, 2.75) is 38.3 Å². The van der Waals surface area contributed by atoms with Crippen molar-refractivity contribution in [3.8, 4) is 5.75 Å². The maximum absolute atomic E-state index is 13.6. The lowest BCUT2D eigenvalue weighted by molar-refractivity contribution is -0.140. The van der Waals surface area contributed by atoms with Gasteiger partial charge in [-0.05, 0) is 54.5 Å². The Morgan fingerprint density at radius 2 is 1.76 bits per heavy atom. The molecule has 1 aromatic heterocycles. The molecule has 0 spiro atoms. The number of carbonyl (C=O) groups excluding carboxylic acids is 2. The summed E-state index contributed by atoms with van der Waals surface area (Å²) in [5, 5.41) is 0.924. The molecule has 1 saturated carbocycles. The molecular weight excluding hydrogens is 464 g/mol. The lowest BCUT2D eigenvalue weighted by Crippen LogP contribution is -2.60. The van der Waals surface area contributed by atoms with E-state index in [1.165, 1.54) is 25.7 Å². The molecule has 1 aliphatic carbocycles.